The normalized spacial score (nSPS) is 15.4. The molecule has 0 atom stereocenters. The number of nitrogens with zero attached hydrogens (tertiary/aromatic N) is 2. The summed E-state index contributed by atoms with van der Waals surface area (Å²) in [4.78, 5) is 20.4. The maximum atomic E-state index is 12.0. The number of aryl methyl sites for hydroxylation is 1. The molecule has 5 heteroatoms. The van der Waals surface area contributed by atoms with Gasteiger partial charge in [0.25, 0.3) is 5.91 Å². The summed E-state index contributed by atoms with van der Waals surface area (Å²) in [6, 6.07) is 11.6. The summed E-state index contributed by atoms with van der Waals surface area (Å²) in [5, 5.41) is 2.81. The number of nitrogens with one attached hydrogen (secondary N) is 1. The fourth-order valence-corrected chi connectivity index (χ4v) is 2.42. The Morgan fingerprint density at radius 3 is 2.83 bits per heavy atom. The molecule has 0 fully saturated rings. The van der Waals surface area contributed by atoms with Gasteiger partial charge in [-0.15, -0.1) is 0 Å². The van der Waals surface area contributed by atoms with E-state index in [1.165, 1.54) is 0 Å². The first-order chi connectivity index (χ1) is 11.3. The van der Waals surface area contributed by atoms with Crippen molar-refractivity contribution < 1.29 is 9.53 Å². The molecule has 0 spiro atoms. The summed E-state index contributed by atoms with van der Waals surface area (Å²) in [7, 11) is 1.66. The third kappa shape index (κ3) is 3.63. The van der Waals surface area contributed by atoms with Gasteiger partial charge in [0, 0.05) is 18.8 Å². The predicted molar refractivity (Wildman–Crippen MR) is 89.1 cm³/mol. The minimum atomic E-state index is -0.177. The summed E-state index contributed by atoms with van der Waals surface area (Å²) in [5.74, 6) is 1.35. The van der Waals surface area contributed by atoms with Gasteiger partial charge in [-0.25, -0.2) is 4.99 Å². The van der Waals surface area contributed by atoms with Crippen molar-refractivity contribution in [1.29, 1.82) is 0 Å². The van der Waals surface area contributed by atoms with E-state index in [1.807, 2.05) is 36.4 Å². The number of amides is 1. The molecule has 116 valence electrons. The van der Waals surface area contributed by atoms with E-state index in [2.05, 4.69) is 15.3 Å². The minimum absolute atomic E-state index is 0.177. The van der Waals surface area contributed by atoms with Crippen LogP contribution in [0.25, 0.3) is 6.08 Å². The van der Waals surface area contributed by atoms with E-state index in [9.17, 15) is 4.79 Å². The van der Waals surface area contributed by atoms with Gasteiger partial charge in [0.2, 0.25) is 0 Å². The molecular formula is C18H17N3O2. The van der Waals surface area contributed by atoms with Gasteiger partial charge < -0.3 is 10.1 Å². The Morgan fingerprint density at radius 1 is 1.17 bits per heavy atom. The molecule has 0 saturated carbocycles. The summed E-state index contributed by atoms with van der Waals surface area (Å²) >= 11 is 0. The third-order valence-corrected chi connectivity index (χ3v) is 3.56. The van der Waals surface area contributed by atoms with Gasteiger partial charge in [-0.2, -0.15) is 0 Å². The molecule has 0 saturated heterocycles. The number of carbonyl (C=O) groups is 1. The lowest BCUT2D eigenvalue weighted by molar-refractivity contribution is -0.115. The fraction of sp³-hybridized carbons (Fsp3) is 0.167. The quantitative estimate of drug-likeness (QED) is 0.864. The van der Waals surface area contributed by atoms with Crippen LogP contribution in [-0.2, 0) is 11.2 Å². The largest absolute Gasteiger partial charge is 0.496 e. The Labute approximate surface area is 134 Å². The second kappa shape index (κ2) is 6.87. The van der Waals surface area contributed by atoms with Crippen molar-refractivity contribution in [2.75, 3.05) is 7.11 Å². The van der Waals surface area contributed by atoms with Crippen LogP contribution in [0.4, 0.5) is 0 Å². The van der Waals surface area contributed by atoms with Gasteiger partial charge in [0.05, 0.1) is 7.11 Å². The van der Waals surface area contributed by atoms with Crippen LogP contribution in [0.3, 0.4) is 0 Å². The molecule has 1 aromatic heterocycles. The van der Waals surface area contributed by atoms with Crippen LogP contribution in [0.1, 0.15) is 17.5 Å². The predicted octanol–water partition coefficient (Wildman–Crippen LogP) is 2.59. The van der Waals surface area contributed by atoms with Crippen molar-refractivity contribution >= 4 is 17.8 Å². The highest BCUT2D eigenvalue weighted by Gasteiger charge is 2.19. The number of rotatable bonds is 5. The van der Waals surface area contributed by atoms with Gasteiger partial charge in [-0.05, 0) is 35.8 Å². The number of pyridine rings is 1. The third-order valence-electron chi connectivity index (χ3n) is 3.56. The van der Waals surface area contributed by atoms with Crippen LogP contribution in [0.15, 0.2) is 59.5 Å². The molecule has 0 radical (unpaired) electrons. The molecule has 1 aromatic carbocycles. The lowest BCUT2D eigenvalue weighted by Gasteiger charge is -2.07. The number of aromatic nitrogens is 1. The zero-order valence-corrected chi connectivity index (χ0v) is 12.8. The molecule has 1 amide bonds. The smallest absolute Gasteiger partial charge is 0.275 e. The van der Waals surface area contributed by atoms with E-state index in [1.54, 1.807) is 25.6 Å². The summed E-state index contributed by atoms with van der Waals surface area (Å²) in [6.07, 6.45) is 6.53. The number of ether oxygens (including phenoxy) is 1. The molecule has 0 bridgehead atoms. The van der Waals surface area contributed by atoms with Crippen molar-refractivity contribution in [1.82, 2.24) is 10.3 Å². The molecule has 2 heterocycles. The number of aliphatic imine (C=N–C) groups is 1. The van der Waals surface area contributed by atoms with Crippen molar-refractivity contribution in [3.05, 3.63) is 65.6 Å². The summed E-state index contributed by atoms with van der Waals surface area (Å²) < 4.78 is 5.34. The van der Waals surface area contributed by atoms with Crippen LogP contribution in [-0.4, -0.2) is 23.8 Å². The number of methoxy groups -OCH3 is 1. The van der Waals surface area contributed by atoms with Gasteiger partial charge in [-0.3, -0.25) is 9.78 Å². The average molecular weight is 307 g/mol. The summed E-state index contributed by atoms with van der Waals surface area (Å²) in [5.41, 5.74) is 2.36. The van der Waals surface area contributed by atoms with E-state index in [0.717, 1.165) is 23.3 Å². The van der Waals surface area contributed by atoms with Crippen molar-refractivity contribution in [2.24, 2.45) is 4.99 Å². The van der Waals surface area contributed by atoms with Gasteiger partial charge in [-0.1, -0.05) is 24.3 Å². The molecule has 5 nitrogen and oxygen atoms in total. The van der Waals surface area contributed by atoms with Crippen LogP contribution >= 0.6 is 0 Å². The van der Waals surface area contributed by atoms with Crippen LogP contribution in [0, 0.1) is 0 Å². The van der Waals surface area contributed by atoms with Crippen LogP contribution < -0.4 is 10.1 Å². The Morgan fingerprint density at radius 2 is 2.04 bits per heavy atom. The first-order valence-electron chi connectivity index (χ1n) is 7.39. The second-order valence-electron chi connectivity index (χ2n) is 5.14. The average Bonchev–Trinajstić information content (AvgIpc) is 2.94. The Hall–Kier alpha value is -2.95. The second-order valence-corrected chi connectivity index (χ2v) is 5.14. The van der Waals surface area contributed by atoms with Crippen molar-refractivity contribution in [3.63, 3.8) is 0 Å². The zero-order valence-electron chi connectivity index (χ0n) is 12.8. The van der Waals surface area contributed by atoms with Gasteiger partial charge in [0.15, 0.2) is 0 Å². The maximum Gasteiger partial charge on any atom is 0.275 e. The van der Waals surface area contributed by atoms with E-state index in [4.69, 9.17) is 4.74 Å². The van der Waals surface area contributed by atoms with Gasteiger partial charge in [0.1, 0.15) is 17.3 Å². The van der Waals surface area contributed by atoms with E-state index < -0.39 is 0 Å². The molecule has 0 unspecified atom stereocenters. The number of para-hydroxylation sites is 1. The fourth-order valence-electron chi connectivity index (χ4n) is 2.42. The highest BCUT2D eigenvalue weighted by molar-refractivity contribution is 6.14. The molecule has 3 rings (SSSR count). The van der Waals surface area contributed by atoms with Gasteiger partial charge >= 0.3 is 0 Å². The topological polar surface area (TPSA) is 63.6 Å². The Balaban J connectivity index is 1.71. The molecule has 1 aliphatic heterocycles. The van der Waals surface area contributed by atoms with E-state index >= 15 is 0 Å². The number of amidine groups is 1. The number of benzene rings is 1. The van der Waals surface area contributed by atoms with Crippen molar-refractivity contribution in [2.45, 2.75) is 12.8 Å². The maximum absolute atomic E-state index is 12.0. The lowest BCUT2D eigenvalue weighted by atomic mass is 10.1. The van der Waals surface area contributed by atoms with E-state index in [0.29, 0.717) is 18.0 Å². The Kier molecular flexibility index (Phi) is 4.47. The van der Waals surface area contributed by atoms with Crippen molar-refractivity contribution in [3.8, 4) is 5.75 Å². The minimum Gasteiger partial charge on any atom is -0.496 e. The molecule has 1 aliphatic rings. The highest BCUT2D eigenvalue weighted by atomic mass is 16.5. The number of hydrogen-bond acceptors (Lipinski definition) is 4. The Bertz CT molecular complexity index is 767. The first kappa shape index (κ1) is 15.0. The molecule has 23 heavy (non-hydrogen) atoms. The highest BCUT2D eigenvalue weighted by Crippen LogP contribution is 2.20. The number of carbonyl (C=O) groups excluding carboxylic acids is 1. The monoisotopic (exact) mass is 307 g/mol. The SMILES string of the molecule is COc1ccccc1CCC1=N/C(=C/c2cccnc2)C(=O)N1. The van der Waals surface area contributed by atoms with Crippen LogP contribution in [0.5, 0.6) is 5.75 Å². The molecule has 0 aliphatic carbocycles. The first-order valence-corrected chi connectivity index (χ1v) is 7.39. The standard InChI is InChI=1S/C18H17N3O2/c1-23-16-7-3-2-6-14(16)8-9-17-20-15(18(22)21-17)11-13-5-4-10-19-12-13/h2-7,10-12H,8-9H2,1H3,(H,20,21,22)/b15-11+. The molecule has 2 aromatic rings. The molecular weight excluding hydrogens is 290 g/mol. The zero-order chi connectivity index (χ0) is 16.1. The van der Waals surface area contributed by atoms with Crippen LogP contribution in [0.2, 0.25) is 0 Å². The number of hydrogen-bond donors (Lipinski definition) is 1. The molecule has 1 N–H and O–H groups in total. The van der Waals surface area contributed by atoms with E-state index in [-0.39, 0.29) is 5.91 Å². The lowest BCUT2D eigenvalue weighted by Crippen LogP contribution is -2.24. The summed E-state index contributed by atoms with van der Waals surface area (Å²) in [6.45, 7) is 0.